The number of carbonyl (C=O) groups excluding carboxylic acids is 1. The molecular weight excluding hydrogens is 436 g/mol. The molecule has 2 rings (SSSR count). The third-order valence-electron chi connectivity index (χ3n) is 3.80. The van der Waals surface area contributed by atoms with E-state index in [2.05, 4.69) is 21.2 Å². The third kappa shape index (κ3) is 6.26. The van der Waals surface area contributed by atoms with Gasteiger partial charge in [-0.25, -0.2) is 0 Å². The van der Waals surface area contributed by atoms with Crippen molar-refractivity contribution < 1.29 is 19.0 Å². The molecule has 0 radical (unpaired) electrons. The molecule has 1 amide bonds. The first kappa shape index (κ1) is 22.3. The van der Waals surface area contributed by atoms with Gasteiger partial charge in [-0.2, -0.15) is 5.26 Å². The molecule has 0 aromatic heterocycles. The molecule has 1 N–H and O–H groups in total. The van der Waals surface area contributed by atoms with E-state index in [1.807, 2.05) is 19.9 Å². The molecule has 0 aliphatic rings. The summed E-state index contributed by atoms with van der Waals surface area (Å²) in [5.74, 6) is 1.31. The number of methoxy groups -OCH3 is 1. The molecule has 2 aromatic carbocycles. The van der Waals surface area contributed by atoms with Crippen LogP contribution >= 0.6 is 15.9 Å². The van der Waals surface area contributed by atoms with Gasteiger partial charge >= 0.3 is 0 Å². The maximum absolute atomic E-state index is 12.5. The Kier molecular flexibility index (Phi) is 8.56. The van der Waals surface area contributed by atoms with Gasteiger partial charge in [0.15, 0.2) is 11.5 Å². The van der Waals surface area contributed by atoms with E-state index in [-0.39, 0.29) is 5.57 Å². The highest BCUT2D eigenvalue weighted by molar-refractivity contribution is 9.10. The van der Waals surface area contributed by atoms with Crippen LogP contribution in [-0.2, 0) is 4.79 Å². The molecule has 29 heavy (non-hydrogen) atoms. The predicted octanol–water partition coefficient (Wildman–Crippen LogP) is 5.19. The number of anilines is 1. The first-order chi connectivity index (χ1) is 14.0. The topological polar surface area (TPSA) is 80.6 Å². The summed E-state index contributed by atoms with van der Waals surface area (Å²) in [7, 11) is 1.54. The summed E-state index contributed by atoms with van der Waals surface area (Å²) >= 11 is 3.46. The summed E-state index contributed by atoms with van der Waals surface area (Å²) in [5, 5.41) is 12.2. The molecule has 7 heteroatoms. The van der Waals surface area contributed by atoms with Crippen molar-refractivity contribution in [2.75, 3.05) is 25.6 Å². The molecule has 6 nitrogen and oxygen atoms in total. The third-order valence-corrected chi connectivity index (χ3v) is 4.39. The van der Waals surface area contributed by atoms with Gasteiger partial charge in [0.05, 0.1) is 24.8 Å². The van der Waals surface area contributed by atoms with Gasteiger partial charge in [-0.05, 0) is 77.3 Å². The average molecular weight is 459 g/mol. The number of ether oxygens (including phenoxy) is 3. The molecule has 0 aliphatic heterocycles. The van der Waals surface area contributed by atoms with Crippen LogP contribution in [0.15, 0.2) is 46.4 Å². The summed E-state index contributed by atoms with van der Waals surface area (Å²) in [4.78, 5) is 12.5. The van der Waals surface area contributed by atoms with Gasteiger partial charge < -0.3 is 19.5 Å². The SMILES string of the molecule is CCCOc1c(Br)cc(/C=C(/C#N)C(=O)Nc2ccc(OCC)cc2)cc1OC. The molecular formula is C22H23BrN2O4. The lowest BCUT2D eigenvalue weighted by atomic mass is 10.1. The summed E-state index contributed by atoms with van der Waals surface area (Å²) in [6, 6.07) is 12.4. The van der Waals surface area contributed by atoms with Crippen LogP contribution in [0.3, 0.4) is 0 Å². The number of hydrogen-bond acceptors (Lipinski definition) is 5. The average Bonchev–Trinajstić information content (AvgIpc) is 2.72. The maximum atomic E-state index is 12.5. The lowest BCUT2D eigenvalue weighted by Gasteiger charge is -2.13. The monoisotopic (exact) mass is 458 g/mol. The second-order valence-corrected chi connectivity index (χ2v) is 6.82. The van der Waals surface area contributed by atoms with Gasteiger partial charge in [-0.3, -0.25) is 4.79 Å². The molecule has 0 spiro atoms. The van der Waals surface area contributed by atoms with Crippen molar-refractivity contribution in [2.45, 2.75) is 20.3 Å². The Morgan fingerprint density at radius 1 is 1.21 bits per heavy atom. The van der Waals surface area contributed by atoms with Crippen LogP contribution in [-0.4, -0.2) is 26.2 Å². The predicted molar refractivity (Wildman–Crippen MR) is 116 cm³/mol. The second kappa shape index (κ2) is 11.1. The van der Waals surface area contributed by atoms with Crippen molar-refractivity contribution >= 4 is 33.6 Å². The highest BCUT2D eigenvalue weighted by atomic mass is 79.9. The Bertz CT molecular complexity index is 918. The van der Waals surface area contributed by atoms with E-state index in [0.29, 0.717) is 46.2 Å². The Hall–Kier alpha value is -2.98. The zero-order chi connectivity index (χ0) is 21.2. The van der Waals surface area contributed by atoms with E-state index in [0.717, 1.165) is 6.42 Å². The van der Waals surface area contributed by atoms with Crippen LogP contribution in [0, 0.1) is 11.3 Å². The molecule has 0 saturated heterocycles. The molecule has 152 valence electrons. The van der Waals surface area contributed by atoms with Crippen molar-refractivity contribution in [3.8, 4) is 23.3 Å². The van der Waals surface area contributed by atoms with Crippen LogP contribution in [0.1, 0.15) is 25.8 Å². The van der Waals surface area contributed by atoms with Gasteiger partial charge in [0.25, 0.3) is 5.91 Å². The van der Waals surface area contributed by atoms with E-state index in [1.54, 1.807) is 36.4 Å². The molecule has 0 aliphatic carbocycles. The number of halogens is 1. The van der Waals surface area contributed by atoms with Crippen LogP contribution in [0.2, 0.25) is 0 Å². The smallest absolute Gasteiger partial charge is 0.266 e. The Morgan fingerprint density at radius 3 is 2.52 bits per heavy atom. The zero-order valence-electron chi connectivity index (χ0n) is 16.6. The number of carbonyl (C=O) groups is 1. The number of hydrogen-bond donors (Lipinski definition) is 1. The standard InChI is InChI=1S/C22H23BrN2O4/c1-4-10-29-21-19(23)12-15(13-20(21)27-3)11-16(14-24)22(26)25-17-6-8-18(9-7-17)28-5-2/h6-9,11-13H,4-5,10H2,1-3H3,(H,25,26)/b16-11-. The van der Waals surface area contributed by atoms with Crippen LogP contribution in [0.4, 0.5) is 5.69 Å². The minimum Gasteiger partial charge on any atom is -0.494 e. The van der Waals surface area contributed by atoms with Crippen LogP contribution < -0.4 is 19.5 Å². The Morgan fingerprint density at radius 2 is 1.93 bits per heavy atom. The fourth-order valence-corrected chi connectivity index (χ4v) is 3.06. The summed E-state index contributed by atoms with van der Waals surface area (Å²) in [6.07, 6.45) is 2.36. The number of nitriles is 1. The molecule has 2 aromatic rings. The van der Waals surface area contributed by atoms with Crippen LogP contribution in [0.25, 0.3) is 6.08 Å². The minimum atomic E-state index is -0.502. The maximum Gasteiger partial charge on any atom is 0.266 e. The van der Waals surface area contributed by atoms with Crippen molar-refractivity contribution in [3.05, 3.63) is 52.0 Å². The molecule has 0 atom stereocenters. The molecule has 0 unspecified atom stereocenters. The Balaban J connectivity index is 2.22. The van der Waals surface area contributed by atoms with Gasteiger partial charge in [-0.15, -0.1) is 0 Å². The number of amides is 1. The number of benzene rings is 2. The normalized spacial score (nSPS) is 10.8. The lowest BCUT2D eigenvalue weighted by Crippen LogP contribution is -2.13. The fraction of sp³-hybridized carbons (Fsp3) is 0.273. The van der Waals surface area contributed by atoms with E-state index in [9.17, 15) is 10.1 Å². The number of nitrogens with one attached hydrogen (secondary N) is 1. The summed E-state index contributed by atoms with van der Waals surface area (Å²) in [5.41, 5.74) is 1.17. The summed E-state index contributed by atoms with van der Waals surface area (Å²) < 4.78 is 17.1. The first-order valence-electron chi connectivity index (χ1n) is 9.18. The van der Waals surface area contributed by atoms with E-state index >= 15 is 0 Å². The van der Waals surface area contributed by atoms with Crippen molar-refractivity contribution in [1.29, 1.82) is 5.26 Å². The highest BCUT2D eigenvalue weighted by Gasteiger charge is 2.14. The van der Waals surface area contributed by atoms with Gasteiger partial charge in [0, 0.05) is 5.69 Å². The fourth-order valence-electron chi connectivity index (χ4n) is 2.48. The molecule has 0 heterocycles. The lowest BCUT2D eigenvalue weighted by molar-refractivity contribution is -0.112. The summed E-state index contributed by atoms with van der Waals surface area (Å²) in [6.45, 7) is 5.03. The Labute approximate surface area is 179 Å². The van der Waals surface area contributed by atoms with E-state index in [4.69, 9.17) is 14.2 Å². The highest BCUT2D eigenvalue weighted by Crippen LogP contribution is 2.37. The number of nitrogens with zero attached hydrogens (tertiary/aromatic N) is 1. The van der Waals surface area contributed by atoms with Crippen LogP contribution in [0.5, 0.6) is 17.2 Å². The van der Waals surface area contributed by atoms with Gasteiger partial charge in [0.2, 0.25) is 0 Å². The minimum absolute atomic E-state index is 0.0323. The van der Waals surface area contributed by atoms with E-state index in [1.165, 1.54) is 13.2 Å². The van der Waals surface area contributed by atoms with E-state index < -0.39 is 5.91 Å². The van der Waals surface area contributed by atoms with Gasteiger partial charge in [-0.1, -0.05) is 6.92 Å². The largest absolute Gasteiger partial charge is 0.494 e. The number of rotatable bonds is 9. The first-order valence-corrected chi connectivity index (χ1v) is 9.98. The zero-order valence-corrected chi connectivity index (χ0v) is 18.2. The van der Waals surface area contributed by atoms with Gasteiger partial charge in [0.1, 0.15) is 17.4 Å². The van der Waals surface area contributed by atoms with Crippen molar-refractivity contribution in [2.24, 2.45) is 0 Å². The molecule has 0 fully saturated rings. The quantitative estimate of drug-likeness (QED) is 0.412. The van der Waals surface area contributed by atoms with Crippen molar-refractivity contribution in [3.63, 3.8) is 0 Å². The molecule has 0 saturated carbocycles. The van der Waals surface area contributed by atoms with Crippen molar-refractivity contribution in [1.82, 2.24) is 0 Å². The molecule has 0 bridgehead atoms. The second-order valence-electron chi connectivity index (χ2n) is 5.96.